The largest absolute Gasteiger partial charge is 0.493 e. The normalized spacial score (nSPS) is 19.0. The molecule has 2 heterocycles. The number of halogens is 1. The summed E-state index contributed by atoms with van der Waals surface area (Å²) in [4.78, 5) is 14.0. The molecule has 7 nitrogen and oxygen atoms in total. The van der Waals surface area contributed by atoms with Crippen LogP contribution in [0.3, 0.4) is 0 Å². The van der Waals surface area contributed by atoms with Crippen LogP contribution in [0.15, 0.2) is 48.5 Å². The number of likely N-dealkylation sites (tertiary alicyclic amines) is 1. The summed E-state index contributed by atoms with van der Waals surface area (Å²) in [6.07, 6.45) is 8.72. The molecule has 0 bridgehead atoms. The standard InChI is InChI=1S/C36H42ClNO6/c1-24-27(10-7-11-29(24)26-13-14-32-35(19-26)42-17-16-41-32)23-44-34-20-33(43-22-25-8-3-2-4-9-25)28(18-30(34)37)21-38-15-6-5-12-31(38)36(39)40/h7,10-11,13-14,18-20,25,31H,2-6,8-9,12,15-17,21-23H2,1H3,(H,39,40)/t31-/m0/s1. The van der Waals surface area contributed by atoms with E-state index in [0.29, 0.717) is 56.1 Å². The lowest BCUT2D eigenvalue weighted by atomic mass is 9.90. The molecule has 1 N–H and O–H groups in total. The second-order valence-corrected chi connectivity index (χ2v) is 12.7. The minimum Gasteiger partial charge on any atom is -0.493 e. The van der Waals surface area contributed by atoms with Crippen molar-refractivity contribution in [1.82, 2.24) is 4.90 Å². The van der Waals surface area contributed by atoms with E-state index >= 15 is 0 Å². The van der Waals surface area contributed by atoms with E-state index < -0.39 is 12.0 Å². The summed E-state index contributed by atoms with van der Waals surface area (Å²) < 4.78 is 24.3. The van der Waals surface area contributed by atoms with Crippen molar-refractivity contribution in [2.24, 2.45) is 5.92 Å². The Kier molecular flexibility index (Phi) is 9.82. The molecule has 1 saturated carbocycles. The fraction of sp³-hybridized carbons (Fsp3) is 0.472. The molecule has 0 radical (unpaired) electrons. The van der Waals surface area contributed by atoms with Crippen LogP contribution in [0, 0.1) is 12.8 Å². The van der Waals surface area contributed by atoms with E-state index in [0.717, 1.165) is 64.5 Å². The highest BCUT2D eigenvalue weighted by molar-refractivity contribution is 6.32. The van der Waals surface area contributed by atoms with Gasteiger partial charge in [-0.2, -0.15) is 0 Å². The van der Waals surface area contributed by atoms with Crippen molar-refractivity contribution < 1.29 is 28.8 Å². The van der Waals surface area contributed by atoms with Crippen molar-refractivity contribution in [2.45, 2.75) is 77.5 Å². The van der Waals surface area contributed by atoms with Crippen LogP contribution in [-0.4, -0.2) is 48.4 Å². The van der Waals surface area contributed by atoms with E-state index in [2.05, 4.69) is 25.1 Å². The average molecular weight is 620 g/mol. The maximum atomic E-state index is 12.0. The van der Waals surface area contributed by atoms with E-state index in [1.54, 1.807) is 0 Å². The lowest BCUT2D eigenvalue weighted by Gasteiger charge is -2.33. The molecule has 1 aliphatic carbocycles. The molecule has 0 unspecified atom stereocenters. The van der Waals surface area contributed by atoms with Crippen LogP contribution in [-0.2, 0) is 17.9 Å². The van der Waals surface area contributed by atoms with Gasteiger partial charge in [0.2, 0.25) is 0 Å². The van der Waals surface area contributed by atoms with Gasteiger partial charge in [0.15, 0.2) is 11.5 Å². The average Bonchev–Trinajstić information content (AvgIpc) is 3.05. The number of carboxylic acid groups (broad SMARTS) is 1. The van der Waals surface area contributed by atoms with E-state index in [1.807, 2.05) is 35.2 Å². The molecule has 234 valence electrons. The molecular weight excluding hydrogens is 578 g/mol. The van der Waals surface area contributed by atoms with Crippen LogP contribution in [0.4, 0.5) is 0 Å². The second kappa shape index (κ2) is 14.1. The van der Waals surface area contributed by atoms with Crippen LogP contribution in [0.25, 0.3) is 11.1 Å². The van der Waals surface area contributed by atoms with Gasteiger partial charge in [0, 0.05) is 18.2 Å². The summed E-state index contributed by atoms with van der Waals surface area (Å²) in [5, 5.41) is 10.3. The van der Waals surface area contributed by atoms with Crippen molar-refractivity contribution in [3.05, 3.63) is 70.2 Å². The monoisotopic (exact) mass is 619 g/mol. The zero-order chi connectivity index (χ0) is 30.5. The molecule has 44 heavy (non-hydrogen) atoms. The third kappa shape index (κ3) is 7.10. The number of aliphatic carboxylic acids is 1. The smallest absolute Gasteiger partial charge is 0.320 e. The Bertz CT molecular complexity index is 1470. The quantitative estimate of drug-likeness (QED) is 0.246. The number of rotatable bonds is 10. The molecule has 6 rings (SSSR count). The predicted molar refractivity (Wildman–Crippen MR) is 171 cm³/mol. The maximum absolute atomic E-state index is 12.0. The van der Waals surface area contributed by atoms with E-state index in [1.165, 1.54) is 32.1 Å². The third-order valence-corrected chi connectivity index (χ3v) is 9.56. The van der Waals surface area contributed by atoms with Gasteiger partial charge >= 0.3 is 5.97 Å². The molecule has 3 aliphatic rings. The van der Waals surface area contributed by atoms with Crippen LogP contribution >= 0.6 is 11.6 Å². The number of carbonyl (C=O) groups is 1. The van der Waals surface area contributed by atoms with Gasteiger partial charge in [-0.3, -0.25) is 9.69 Å². The Labute approximate surface area is 265 Å². The number of hydrogen-bond acceptors (Lipinski definition) is 6. The summed E-state index contributed by atoms with van der Waals surface area (Å²) >= 11 is 6.83. The Morgan fingerprint density at radius 1 is 0.909 bits per heavy atom. The van der Waals surface area contributed by atoms with Crippen molar-refractivity contribution in [3.8, 4) is 34.1 Å². The first-order valence-corrected chi connectivity index (χ1v) is 16.4. The highest BCUT2D eigenvalue weighted by Gasteiger charge is 2.29. The van der Waals surface area contributed by atoms with Crippen molar-refractivity contribution >= 4 is 17.6 Å². The van der Waals surface area contributed by atoms with E-state index in [4.69, 9.17) is 30.5 Å². The van der Waals surface area contributed by atoms with Gasteiger partial charge in [0.25, 0.3) is 0 Å². The molecule has 1 saturated heterocycles. The minimum atomic E-state index is -0.769. The molecule has 3 aromatic rings. The zero-order valence-corrected chi connectivity index (χ0v) is 26.2. The molecule has 2 fully saturated rings. The lowest BCUT2D eigenvalue weighted by Crippen LogP contribution is -2.44. The van der Waals surface area contributed by atoms with Gasteiger partial charge in [-0.05, 0) is 85.5 Å². The van der Waals surface area contributed by atoms with Gasteiger partial charge in [-0.15, -0.1) is 0 Å². The summed E-state index contributed by atoms with van der Waals surface area (Å²) in [7, 11) is 0. The molecule has 2 aliphatic heterocycles. The summed E-state index contributed by atoms with van der Waals surface area (Å²) in [6, 6.07) is 15.6. The van der Waals surface area contributed by atoms with E-state index in [9.17, 15) is 9.90 Å². The number of piperidine rings is 1. The first-order valence-electron chi connectivity index (χ1n) is 16.0. The molecule has 1 atom stereocenters. The van der Waals surface area contributed by atoms with Gasteiger partial charge < -0.3 is 24.1 Å². The summed E-state index contributed by atoms with van der Waals surface area (Å²) in [5.74, 6) is 2.59. The number of nitrogens with zero attached hydrogens (tertiary/aromatic N) is 1. The number of ether oxygens (including phenoxy) is 4. The highest BCUT2D eigenvalue weighted by atomic mass is 35.5. The van der Waals surface area contributed by atoms with Crippen molar-refractivity contribution in [2.75, 3.05) is 26.4 Å². The number of carboxylic acids is 1. The fourth-order valence-corrected chi connectivity index (χ4v) is 6.94. The Hall–Kier alpha value is -3.42. The SMILES string of the molecule is Cc1c(COc2cc(OCC3CCCCC3)c(CN3CCCC[C@H]3C(=O)O)cc2Cl)cccc1-c1ccc2c(c1)OCCO2. The van der Waals surface area contributed by atoms with Crippen LogP contribution in [0.5, 0.6) is 23.0 Å². The molecule has 0 spiro atoms. The van der Waals surface area contributed by atoms with Crippen LogP contribution < -0.4 is 18.9 Å². The first-order chi connectivity index (χ1) is 21.5. The third-order valence-electron chi connectivity index (χ3n) is 9.27. The van der Waals surface area contributed by atoms with Crippen molar-refractivity contribution in [3.63, 3.8) is 0 Å². The molecule has 0 aromatic heterocycles. The van der Waals surface area contributed by atoms with E-state index in [-0.39, 0.29) is 0 Å². The Balaban J connectivity index is 1.22. The lowest BCUT2D eigenvalue weighted by molar-refractivity contribution is -0.144. The number of hydrogen-bond donors (Lipinski definition) is 1. The molecule has 3 aromatic carbocycles. The molecule has 8 heteroatoms. The topological polar surface area (TPSA) is 77.5 Å². The highest BCUT2D eigenvalue weighted by Crippen LogP contribution is 2.38. The second-order valence-electron chi connectivity index (χ2n) is 12.3. The number of fused-ring (bicyclic) bond motifs is 1. The van der Waals surface area contributed by atoms with Gasteiger partial charge in [-0.25, -0.2) is 0 Å². The summed E-state index contributed by atoms with van der Waals surface area (Å²) in [6.45, 7) is 5.43. The first kappa shape index (κ1) is 30.6. The van der Waals surface area contributed by atoms with Gasteiger partial charge in [0.05, 0.1) is 11.6 Å². The van der Waals surface area contributed by atoms with Gasteiger partial charge in [0.1, 0.15) is 37.4 Å². The zero-order valence-electron chi connectivity index (χ0n) is 25.5. The van der Waals surface area contributed by atoms with Crippen LogP contribution in [0.2, 0.25) is 5.02 Å². The predicted octanol–water partition coefficient (Wildman–Crippen LogP) is 8.06. The van der Waals surface area contributed by atoms with Crippen molar-refractivity contribution in [1.29, 1.82) is 0 Å². The maximum Gasteiger partial charge on any atom is 0.320 e. The Morgan fingerprint density at radius 3 is 2.52 bits per heavy atom. The minimum absolute atomic E-state index is 0.346. The van der Waals surface area contributed by atoms with Crippen LogP contribution in [0.1, 0.15) is 68.1 Å². The van der Waals surface area contributed by atoms with Gasteiger partial charge in [-0.1, -0.05) is 61.5 Å². The molecular formula is C36H42ClNO6. The summed E-state index contributed by atoms with van der Waals surface area (Å²) in [5.41, 5.74) is 5.25. The number of benzene rings is 3. The fourth-order valence-electron chi connectivity index (χ4n) is 6.70. The molecule has 0 amide bonds. The Morgan fingerprint density at radius 2 is 1.70 bits per heavy atom.